The maximum Gasteiger partial charge on any atom is 0.194 e. The van der Waals surface area contributed by atoms with Crippen molar-refractivity contribution in [2.45, 2.75) is 46.8 Å². The van der Waals surface area contributed by atoms with Gasteiger partial charge in [-0.1, -0.05) is 23.8 Å². The molecule has 1 N–H and O–H groups in total. The molecular formula is C21H32N4OS. The molecule has 1 aromatic heterocycles. The van der Waals surface area contributed by atoms with Gasteiger partial charge in [0.1, 0.15) is 11.1 Å². The SMILES string of the molecule is CCNC(=NCCc1ccc(C)cc1C)N(C)Cc1csc(C(C)OC)n1. The Bertz CT molecular complexity index is 756. The number of ether oxygens (including phenoxy) is 1. The lowest BCUT2D eigenvalue weighted by atomic mass is 10.0. The van der Waals surface area contributed by atoms with Crippen molar-refractivity contribution in [3.05, 3.63) is 51.0 Å². The van der Waals surface area contributed by atoms with Crippen LogP contribution in [0.3, 0.4) is 0 Å². The fraction of sp³-hybridized carbons (Fsp3) is 0.524. The van der Waals surface area contributed by atoms with Crippen LogP contribution < -0.4 is 5.32 Å². The van der Waals surface area contributed by atoms with Crippen molar-refractivity contribution in [3.63, 3.8) is 0 Å². The Morgan fingerprint density at radius 3 is 2.81 bits per heavy atom. The lowest BCUT2D eigenvalue weighted by molar-refractivity contribution is 0.119. The summed E-state index contributed by atoms with van der Waals surface area (Å²) in [6.45, 7) is 10.7. The third kappa shape index (κ3) is 6.33. The molecule has 1 heterocycles. The smallest absolute Gasteiger partial charge is 0.194 e. The summed E-state index contributed by atoms with van der Waals surface area (Å²) in [5, 5.41) is 6.49. The molecular weight excluding hydrogens is 356 g/mol. The van der Waals surface area contributed by atoms with Crippen LogP contribution in [0.2, 0.25) is 0 Å². The molecule has 0 spiro atoms. The monoisotopic (exact) mass is 388 g/mol. The average molecular weight is 389 g/mol. The van der Waals surface area contributed by atoms with Gasteiger partial charge < -0.3 is 15.0 Å². The Morgan fingerprint density at radius 2 is 2.15 bits per heavy atom. The van der Waals surface area contributed by atoms with E-state index in [1.807, 2.05) is 6.92 Å². The standard InChI is InChI=1S/C21H32N4OS/c1-7-22-21(23-11-10-18-9-8-15(2)12-16(18)3)25(5)13-19-14-27-20(24-19)17(4)26-6/h8-9,12,14,17H,7,10-11,13H2,1-6H3,(H,22,23). The van der Waals surface area contributed by atoms with Crippen LogP contribution in [0.1, 0.15) is 47.3 Å². The number of guanidine groups is 1. The molecule has 5 nitrogen and oxygen atoms in total. The summed E-state index contributed by atoms with van der Waals surface area (Å²) in [6.07, 6.45) is 0.981. The van der Waals surface area contributed by atoms with Crippen LogP contribution in [0.25, 0.3) is 0 Å². The molecule has 1 atom stereocenters. The zero-order chi connectivity index (χ0) is 19.8. The van der Waals surface area contributed by atoms with E-state index in [1.165, 1.54) is 16.7 Å². The average Bonchev–Trinajstić information content (AvgIpc) is 3.10. The van der Waals surface area contributed by atoms with Gasteiger partial charge in [0.2, 0.25) is 0 Å². The number of thiazole rings is 1. The van der Waals surface area contributed by atoms with E-state index < -0.39 is 0 Å². The molecule has 0 saturated heterocycles. The van der Waals surface area contributed by atoms with E-state index in [9.17, 15) is 0 Å². The normalized spacial score (nSPS) is 12.9. The van der Waals surface area contributed by atoms with Crippen LogP contribution in [-0.4, -0.2) is 43.1 Å². The molecule has 0 aliphatic heterocycles. The Kier molecular flexibility index (Phi) is 8.25. The molecule has 27 heavy (non-hydrogen) atoms. The van der Waals surface area contributed by atoms with Crippen molar-refractivity contribution in [2.75, 3.05) is 27.2 Å². The van der Waals surface area contributed by atoms with Crippen molar-refractivity contribution < 1.29 is 4.74 Å². The minimum Gasteiger partial charge on any atom is -0.375 e. The number of aliphatic imine (C=N–C) groups is 1. The van der Waals surface area contributed by atoms with Gasteiger partial charge >= 0.3 is 0 Å². The zero-order valence-corrected chi connectivity index (χ0v) is 18.2. The molecule has 0 fully saturated rings. The summed E-state index contributed by atoms with van der Waals surface area (Å²) < 4.78 is 5.35. The second-order valence-electron chi connectivity index (χ2n) is 6.83. The third-order valence-electron chi connectivity index (χ3n) is 4.51. The number of hydrogen-bond acceptors (Lipinski definition) is 4. The molecule has 1 aromatic carbocycles. The molecule has 0 aliphatic rings. The fourth-order valence-corrected chi connectivity index (χ4v) is 3.72. The highest BCUT2D eigenvalue weighted by Crippen LogP contribution is 2.21. The second kappa shape index (κ2) is 10.4. The van der Waals surface area contributed by atoms with Crippen molar-refractivity contribution >= 4 is 17.3 Å². The zero-order valence-electron chi connectivity index (χ0n) is 17.4. The lowest BCUT2D eigenvalue weighted by Gasteiger charge is -2.21. The largest absolute Gasteiger partial charge is 0.375 e. The number of nitrogens with one attached hydrogen (secondary N) is 1. The summed E-state index contributed by atoms with van der Waals surface area (Å²) in [4.78, 5) is 11.6. The van der Waals surface area contributed by atoms with Gasteiger partial charge in [-0.05, 0) is 45.2 Å². The summed E-state index contributed by atoms with van der Waals surface area (Å²) >= 11 is 1.64. The Morgan fingerprint density at radius 1 is 1.37 bits per heavy atom. The van der Waals surface area contributed by atoms with Crippen LogP contribution in [0.4, 0.5) is 0 Å². The highest BCUT2D eigenvalue weighted by Gasteiger charge is 2.12. The highest BCUT2D eigenvalue weighted by molar-refractivity contribution is 7.09. The first-order valence-corrected chi connectivity index (χ1v) is 10.3. The molecule has 0 aliphatic carbocycles. The van der Waals surface area contributed by atoms with Gasteiger partial charge in [0.15, 0.2) is 5.96 Å². The molecule has 2 aromatic rings. The van der Waals surface area contributed by atoms with E-state index in [2.05, 4.69) is 66.6 Å². The first-order valence-electron chi connectivity index (χ1n) is 9.47. The summed E-state index contributed by atoms with van der Waals surface area (Å²) in [5.74, 6) is 0.914. The topological polar surface area (TPSA) is 49.8 Å². The van der Waals surface area contributed by atoms with Gasteiger partial charge in [-0.3, -0.25) is 4.99 Å². The first-order chi connectivity index (χ1) is 12.9. The Labute approximate surface area is 167 Å². The Hall–Kier alpha value is -1.92. The minimum atomic E-state index is 0.0358. The molecule has 6 heteroatoms. The predicted molar refractivity (Wildman–Crippen MR) is 115 cm³/mol. The van der Waals surface area contributed by atoms with Crippen LogP contribution in [-0.2, 0) is 17.7 Å². The van der Waals surface area contributed by atoms with E-state index in [0.29, 0.717) is 0 Å². The molecule has 1 unspecified atom stereocenters. The van der Waals surface area contributed by atoms with Gasteiger partial charge in [0, 0.05) is 32.6 Å². The lowest BCUT2D eigenvalue weighted by Crippen LogP contribution is -2.38. The third-order valence-corrected chi connectivity index (χ3v) is 5.56. The number of aryl methyl sites for hydroxylation is 2. The highest BCUT2D eigenvalue weighted by atomic mass is 32.1. The van der Waals surface area contributed by atoms with Crippen molar-refractivity contribution in [2.24, 2.45) is 4.99 Å². The maximum atomic E-state index is 5.35. The summed E-state index contributed by atoms with van der Waals surface area (Å²) in [7, 11) is 3.76. The quantitative estimate of drug-likeness (QED) is 0.546. The molecule has 0 amide bonds. The van der Waals surface area contributed by atoms with Gasteiger partial charge in [0.05, 0.1) is 12.2 Å². The predicted octanol–water partition coefficient (Wildman–Crippen LogP) is 4.11. The number of rotatable bonds is 8. The van der Waals surface area contributed by atoms with Crippen molar-refractivity contribution in [1.82, 2.24) is 15.2 Å². The van der Waals surface area contributed by atoms with Crippen molar-refractivity contribution in [1.29, 1.82) is 0 Å². The fourth-order valence-electron chi connectivity index (χ4n) is 2.88. The van der Waals surface area contributed by atoms with Crippen LogP contribution >= 0.6 is 11.3 Å². The molecule has 0 bridgehead atoms. The summed E-state index contributed by atoms with van der Waals surface area (Å²) in [5.41, 5.74) is 5.05. The molecule has 2 rings (SSSR count). The van der Waals surface area contributed by atoms with Crippen LogP contribution in [0, 0.1) is 13.8 Å². The summed E-state index contributed by atoms with van der Waals surface area (Å²) in [6, 6.07) is 6.62. The van der Waals surface area contributed by atoms with E-state index >= 15 is 0 Å². The second-order valence-corrected chi connectivity index (χ2v) is 7.72. The van der Waals surface area contributed by atoms with Crippen LogP contribution in [0.15, 0.2) is 28.6 Å². The molecule has 148 valence electrons. The number of hydrogen-bond donors (Lipinski definition) is 1. The number of aromatic nitrogens is 1. The molecule has 0 saturated carbocycles. The van der Waals surface area contributed by atoms with Crippen molar-refractivity contribution in [3.8, 4) is 0 Å². The number of nitrogens with zero attached hydrogens (tertiary/aromatic N) is 3. The number of benzene rings is 1. The van der Waals surface area contributed by atoms with Gasteiger partial charge in [-0.2, -0.15) is 0 Å². The number of methoxy groups -OCH3 is 1. The van der Waals surface area contributed by atoms with Gasteiger partial charge in [0.25, 0.3) is 0 Å². The van der Waals surface area contributed by atoms with E-state index in [-0.39, 0.29) is 6.10 Å². The van der Waals surface area contributed by atoms with Crippen LogP contribution in [0.5, 0.6) is 0 Å². The van der Waals surface area contributed by atoms with Gasteiger partial charge in [-0.15, -0.1) is 11.3 Å². The van der Waals surface area contributed by atoms with E-state index in [4.69, 9.17) is 9.73 Å². The Balaban J connectivity index is 1.99. The van der Waals surface area contributed by atoms with E-state index in [0.717, 1.165) is 42.7 Å². The first kappa shape index (κ1) is 21.4. The van der Waals surface area contributed by atoms with Gasteiger partial charge in [-0.25, -0.2) is 4.98 Å². The maximum absolute atomic E-state index is 5.35. The van der Waals surface area contributed by atoms with E-state index in [1.54, 1.807) is 18.4 Å². The molecule has 0 radical (unpaired) electrons. The minimum absolute atomic E-state index is 0.0358.